The summed E-state index contributed by atoms with van der Waals surface area (Å²) < 4.78 is 60.1. The monoisotopic (exact) mass is 420 g/mol. The van der Waals surface area contributed by atoms with E-state index >= 15 is 0 Å². The zero-order chi connectivity index (χ0) is 20.6. The van der Waals surface area contributed by atoms with Gasteiger partial charge in [0.25, 0.3) is 10.0 Å². The van der Waals surface area contributed by atoms with E-state index < -0.39 is 27.7 Å². The van der Waals surface area contributed by atoms with E-state index in [1.54, 1.807) is 11.0 Å². The molecule has 4 rings (SSSR count). The first-order valence-corrected chi connectivity index (χ1v) is 10.4. The van der Waals surface area contributed by atoms with Crippen molar-refractivity contribution in [3.63, 3.8) is 0 Å². The number of benzene rings is 1. The summed E-state index contributed by atoms with van der Waals surface area (Å²) in [5, 5.41) is 3.98. The molecule has 0 N–H and O–H groups in total. The van der Waals surface area contributed by atoms with Gasteiger partial charge < -0.3 is 9.64 Å². The Bertz CT molecular complexity index is 1130. The Hall–Kier alpha value is -3.01. The van der Waals surface area contributed by atoms with E-state index in [4.69, 9.17) is 4.74 Å². The molecule has 1 saturated heterocycles. The molecule has 29 heavy (non-hydrogen) atoms. The van der Waals surface area contributed by atoms with Crippen molar-refractivity contribution in [1.29, 1.82) is 0 Å². The molecule has 0 saturated carbocycles. The highest BCUT2D eigenvalue weighted by atomic mass is 32.2. The molecule has 10 heteroatoms. The number of ether oxygens (including phenoxy) is 1. The van der Waals surface area contributed by atoms with Gasteiger partial charge in [0.2, 0.25) is 5.88 Å². The zero-order valence-electron chi connectivity index (χ0n) is 15.5. The van der Waals surface area contributed by atoms with Crippen molar-refractivity contribution in [2.75, 3.05) is 18.6 Å². The summed E-state index contributed by atoms with van der Waals surface area (Å²) in [6, 6.07) is 7.16. The first-order chi connectivity index (χ1) is 13.9. The van der Waals surface area contributed by atoms with Gasteiger partial charge in [0.1, 0.15) is 22.3 Å². The number of hydrogen-bond acceptors (Lipinski definition) is 6. The van der Waals surface area contributed by atoms with Gasteiger partial charge in [-0.3, -0.25) is 0 Å². The second-order valence-electron chi connectivity index (χ2n) is 6.59. The van der Waals surface area contributed by atoms with Gasteiger partial charge in [0.05, 0.1) is 25.5 Å². The molecule has 3 heterocycles. The summed E-state index contributed by atoms with van der Waals surface area (Å²) in [6.45, 7) is 0.489. The van der Waals surface area contributed by atoms with Gasteiger partial charge in [-0.1, -0.05) is 0 Å². The van der Waals surface area contributed by atoms with Crippen LogP contribution in [0.2, 0.25) is 0 Å². The Kier molecular flexibility index (Phi) is 4.95. The predicted octanol–water partition coefficient (Wildman–Crippen LogP) is 3.14. The van der Waals surface area contributed by atoms with Crippen LogP contribution in [0, 0.1) is 11.6 Å². The van der Waals surface area contributed by atoms with Gasteiger partial charge in [0, 0.05) is 24.2 Å². The Balaban J connectivity index is 1.74. The highest BCUT2D eigenvalue weighted by molar-refractivity contribution is 7.90. The molecular weight excluding hydrogens is 402 g/mol. The minimum Gasteiger partial charge on any atom is -0.481 e. The van der Waals surface area contributed by atoms with Crippen LogP contribution in [0.4, 0.5) is 14.6 Å². The molecule has 0 spiro atoms. The summed E-state index contributed by atoms with van der Waals surface area (Å²) in [7, 11) is -2.60. The molecule has 1 aliphatic heterocycles. The maximum absolute atomic E-state index is 14.4. The van der Waals surface area contributed by atoms with Gasteiger partial charge in [-0.2, -0.15) is 13.5 Å². The molecule has 0 radical (unpaired) electrons. The lowest BCUT2D eigenvalue weighted by molar-refractivity contribution is 0.397. The third-order valence-corrected chi connectivity index (χ3v) is 6.47. The molecule has 1 fully saturated rings. The maximum Gasteiger partial charge on any atom is 0.286 e. The molecule has 1 atom stereocenters. The first kappa shape index (κ1) is 19.3. The molecule has 7 nitrogen and oxygen atoms in total. The van der Waals surface area contributed by atoms with Crippen molar-refractivity contribution < 1.29 is 21.9 Å². The third-order valence-electron chi connectivity index (χ3n) is 4.90. The Morgan fingerprint density at radius 1 is 1.17 bits per heavy atom. The lowest BCUT2D eigenvalue weighted by atomic mass is 10.0. The fraction of sp³-hybridized carbons (Fsp3) is 0.263. The summed E-state index contributed by atoms with van der Waals surface area (Å²) in [6.07, 6.45) is 3.82. The minimum atomic E-state index is -4.03. The summed E-state index contributed by atoms with van der Waals surface area (Å²) in [5.41, 5.74) is 0.193. The Labute approximate surface area is 166 Å². The van der Waals surface area contributed by atoms with Crippen molar-refractivity contribution in [3.05, 3.63) is 66.0 Å². The van der Waals surface area contributed by atoms with Crippen molar-refractivity contribution in [2.45, 2.75) is 23.8 Å². The number of aromatic nitrogens is 3. The average molecular weight is 420 g/mol. The topological polar surface area (TPSA) is 77.3 Å². The molecule has 0 unspecified atom stereocenters. The first-order valence-electron chi connectivity index (χ1n) is 8.93. The molecule has 0 bridgehead atoms. The second-order valence-corrected chi connectivity index (χ2v) is 8.36. The van der Waals surface area contributed by atoms with Gasteiger partial charge in [-0.25, -0.2) is 13.8 Å². The number of hydrogen-bond donors (Lipinski definition) is 0. The standard InChI is InChI=1S/C19H18F2N4O3S/c1-28-18-7-5-14(12-22-18)29(26,27)25-19(8-9-23-25)24-10-2-3-17(24)15-11-13(20)4-6-16(15)21/h4-9,11-12,17H,2-3,10H2,1H3/t17-/m1/s1. The van der Waals surface area contributed by atoms with Crippen LogP contribution in [-0.2, 0) is 10.0 Å². The van der Waals surface area contributed by atoms with E-state index in [1.807, 2.05) is 0 Å². The summed E-state index contributed by atoms with van der Waals surface area (Å²) in [5.74, 6) is -0.506. The number of halogens is 2. The number of nitrogens with zero attached hydrogens (tertiary/aromatic N) is 4. The number of methoxy groups -OCH3 is 1. The van der Waals surface area contributed by atoms with Crippen LogP contribution >= 0.6 is 0 Å². The number of anilines is 1. The summed E-state index contributed by atoms with van der Waals surface area (Å²) >= 11 is 0. The van der Waals surface area contributed by atoms with Gasteiger partial charge in [-0.15, -0.1) is 4.09 Å². The van der Waals surface area contributed by atoms with Crippen molar-refractivity contribution >= 4 is 15.8 Å². The number of rotatable bonds is 5. The van der Waals surface area contributed by atoms with Crippen molar-refractivity contribution in [1.82, 2.24) is 14.2 Å². The lowest BCUT2D eigenvalue weighted by Crippen LogP contribution is -2.28. The van der Waals surface area contributed by atoms with Crippen LogP contribution < -0.4 is 9.64 Å². The molecule has 0 amide bonds. The van der Waals surface area contributed by atoms with E-state index in [0.717, 1.165) is 22.3 Å². The van der Waals surface area contributed by atoms with E-state index in [2.05, 4.69) is 10.1 Å². The van der Waals surface area contributed by atoms with E-state index in [-0.39, 0.29) is 22.2 Å². The van der Waals surface area contributed by atoms with Crippen LogP contribution in [0.1, 0.15) is 24.4 Å². The van der Waals surface area contributed by atoms with Crippen LogP contribution in [-0.4, -0.2) is 36.2 Å². The lowest BCUT2D eigenvalue weighted by Gasteiger charge is -2.27. The van der Waals surface area contributed by atoms with Crippen molar-refractivity contribution in [2.24, 2.45) is 0 Å². The van der Waals surface area contributed by atoms with E-state index in [0.29, 0.717) is 19.4 Å². The average Bonchev–Trinajstić information content (AvgIpc) is 3.39. The summed E-state index contributed by atoms with van der Waals surface area (Å²) in [4.78, 5) is 5.61. The van der Waals surface area contributed by atoms with E-state index in [9.17, 15) is 17.2 Å². The van der Waals surface area contributed by atoms with Crippen LogP contribution in [0.15, 0.2) is 53.7 Å². The highest BCUT2D eigenvalue weighted by Crippen LogP contribution is 2.38. The normalized spacial score (nSPS) is 16.9. The molecule has 1 aliphatic rings. The molecule has 152 valence electrons. The smallest absolute Gasteiger partial charge is 0.286 e. The molecular formula is C19H18F2N4O3S. The fourth-order valence-electron chi connectivity index (χ4n) is 3.55. The SMILES string of the molecule is COc1ccc(S(=O)(=O)n2nccc2N2CCC[C@@H]2c2cc(F)ccc2F)cn1. The predicted molar refractivity (Wildman–Crippen MR) is 101 cm³/mol. The number of pyridine rings is 1. The third kappa shape index (κ3) is 3.44. The van der Waals surface area contributed by atoms with Gasteiger partial charge >= 0.3 is 0 Å². The Morgan fingerprint density at radius 3 is 2.72 bits per heavy atom. The van der Waals surface area contributed by atoms with Crippen LogP contribution in [0.3, 0.4) is 0 Å². The zero-order valence-corrected chi connectivity index (χ0v) is 16.3. The molecule has 1 aromatic carbocycles. The quantitative estimate of drug-likeness (QED) is 0.631. The van der Waals surface area contributed by atoms with Crippen molar-refractivity contribution in [3.8, 4) is 5.88 Å². The highest BCUT2D eigenvalue weighted by Gasteiger charge is 2.33. The minimum absolute atomic E-state index is 0.0593. The van der Waals surface area contributed by atoms with Crippen LogP contribution in [0.5, 0.6) is 5.88 Å². The van der Waals surface area contributed by atoms with Crippen LogP contribution in [0.25, 0.3) is 0 Å². The maximum atomic E-state index is 14.4. The van der Waals surface area contributed by atoms with Gasteiger partial charge in [0.15, 0.2) is 0 Å². The van der Waals surface area contributed by atoms with Gasteiger partial charge in [-0.05, 0) is 37.1 Å². The molecule has 0 aliphatic carbocycles. The fourth-order valence-corrected chi connectivity index (χ4v) is 4.76. The van der Waals surface area contributed by atoms with E-state index in [1.165, 1.54) is 31.6 Å². The second kappa shape index (κ2) is 7.43. The Morgan fingerprint density at radius 2 is 2.00 bits per heavy atom. The molecule has 2 aromatic heterocycles. The molecule has 3 aromatic rings. The largest absolute Gasteiger partial charge is 0.481 e.